The molecule has 0 amide bonds. The van der Waals surface area contributed by atoms with Gasteiger partial charge in [-0.2, -0.15) is 0 Å². The fourth-order valence-corrected chi connectivity index (χ4v) is 1.77. The van der Waals surface area contributed by atoms with Crippen molar-refractivity contribution >= 4 is 23.2 Å². The van der Waals surface area contributed by atoms with Crippen LogP contribution in [-0.4, -0.2) is 48.1 Å². The van der Waals surface area contributed by atoms with Crippen molar-refractivity contribution in [2.45, 2.75) is 6.04 Å². The summed E-state index contributed by atoms with van der Waals surface area (Å²) in [6, 6.07) is 0.567. The first-order valence-electron chi connectivity index (χ1n) is 4.77. The monoisotopic (exact) mass is 227 g/mol. The molecule has 0 spiro atoms. The predicted octanol–water partition coefficient (Wildman–Crippen LogP) is 0.462. The second-order valence-corrected chi connectivity index (χ2v) is 4.30. The molecule has 1 aromatic rings. The van der Waals surface area contributed by atoms with Gasteiger partial charge >= 0.3 is 0 Å². The van der Waals surface area contributed by atoms with E-state index in [0.29, 0.717) is 16.9 Å². The molecule has 2 rings (SSSR count). The third-order valence-electron chi connectivity index (χ3n) is 2.69. The Bertz CT molecular complexity index is 362. The number of nitrogens with two attached hydrogens (primary N) is 1. The summed E-state index contributed by atoms with van der Waals surface area (Å²) < 4.78 is 0. The van der Waals surface area contributed by atoms with E-state index in [4.69, 9.17) is 17.3 Å². The third-order valence-corrected chi connectivity index (χ3v) is 3.05. The molecule has 15 heavy (non-hydrogen) atoms. The van der Waals surface area contributed by atoms with E-state index >= 15 is 0 Å². The number of hydrogen-bond donors (Lipinski definition) is 1. The summed E-state index contributed by atoms with van der Waals surface area (Å²) in [4.78, 5) is 12.3. The molecule has 2 heterocycles. The van der Waals surface area contributed by atoms with Gasteiger partial charge < -0.3 is 15.5 Å². The SMILES string of the molecule is CN(C)C1CN(c2ncnc(N)c2Cl)C1. The van der Waals surface area contributed by atoms with E-state index in [9.17, 15) is 0 Å². The molecule has 0 saturated carbocycles. The van der Waals surface area contributed by atoms with Crippen LogP contribution < -0.4 is 10.6 Å². The Kier molecular flexibility index (Phi) is 2.67. The number of rotatable bonds is 2. The van der Waals surface area contributed by atoms with E-state index < -0.39 is 0 Å². The fourth-order valence-electron chi connectivity index (χ4n) is 1.55. The molecule has 1 saturated heterocycles. The van der Waals surface area contributed by atoms with Crippen molar-refractivity contribution in [2.75, 3.05) is 37.8 Å². The number of anilines is 2. The lowest BCUT2D eigenvalue weighted by Gasteiger charge is -2.43. The van der Waals surface area contributed by atoms with Crippen molar-refractivity contribution in [3.8, 4) is 0 Å². The number of nitrogen functional groups attached to an aromatic ring is 1. The van der Waals surface area contributed by atoms with E-state index in [0.717, 1.165) is 18.9 Å². The second kappa shape index (κ2) is 3.83. The summed E-state index contributed by atoms with van der Waals surface area (Å²) in [6.07, 6.45) is 1.44. The van der Waals surface area contributed by atoms with Gasteiger partial charge in [0.05, 0.1) is 0 Å². The number of aromatic nitrogens is 2. The summed E-state index contributed by atoms with van der Waals surface area (Å²) >= 11 is 6.02. The van der Waals surface area contributed by atoms with Crippen molar-refractivity contribution in [1.82, 2.24) is 14.9 Å². The Morgan fingerprint density at radius 1 is 1.47 bits per heavy atom. The fraction of sp³-hybridized carbons (Fsp3) is 0.556. The topological polar surface area (TPSA) is 58.3 Å². The molecule has 5 nitrogen and oxygen atoms in total. The minimum absolute atomic E-state index is 0.343. The van der Waals surface area contributed by atoms with Gasteiger partial charge in [-0.05, 0) is 14.1 Å². The lowest BCUT2D eigenvalue weighted by Crippen LogP contribution is -2.57. The van der Waals surface area contributed by atoms with Gasteiger partial charge in [0, 0.05) is 19.1 Å². The van der Waals surface area contributed by atoms with Gasteiger partial charge in [0.1, 0.15) is 17.2 Å². The Hall–Kier alpha value is -1.07. The number of halogens is 1. The highest BCUT2D eigenvalue weighted by atomic mass is 35.5. The van der Waals surface area contributed by atoms with Crippen molar-refractivity contribution in [3.63, 3.8) is 0 Å². The molecule has 6 heteroatoms. The highest BCUT2D eigenvalue weighted by Crippen LogP contribution is 2.30. The summed E-state index contributed by atoms with van der Waals surface area (Å²) in [6.45, 7) is 1.87. The average molecular weight is 228 g/mol. The minimum atomic E-state index is 0.343. The highest BCUT2D eigenvalue weighted by molar-refractivity contribution is 6.35. The molecule has 0 radical (unpaired) electrons. The Labute approximate surface area is 93.9 Å². The summed E-state index contributed by atoms with van der Waals surface area (Å²) in [5.74, 6) is 1.08. The lowest BCUT2D eigenvalue weighted by atomic mass is 10.1. The van der Waals surface area contributed by atoms with E-state index in [-0.39, 0.29) is 0 Å². The molecule has 0 bridgehead atoms. The van der Waals surface area contributed by atoms with Crippen LogP contribution in [-0.2, 0) is 0 Å². The Balaban J connectivity index is 2.10. The zero-order chi connectivity index (χ0) is 11.0. The standard InChI is InChI=1S/C9H14ClN5/c1-14(2)6-3-15(4-6)9-7(10)8(11)12-5-13-9/h5-6H,3-4H2,1-2H3,(H2,11,12,13). The summed E-state index contributed by atoms with van der Waals surface area (Å²) in [5.41, 5.74) is 5.61. The molecule has 1 aromatic heterocycles. The molecule has 1 aliphatic rings. The van der Waals surface area contributed by atoms with Crippen molar-refractivity contribution < 1.29 is 0 Å². The van der Waals surface area contributed by atoms with Crippen LogP contribution in [0.25, 0.3) is 0 Å². The predicted molar refractivity (Wildman–Crippen MR) is 61.1 cm³/mol. The quantitative estimate of drug-likeness (QED) is 0.796. The maximum atomic E-state index is 6.02. The van der Waals surface area contributed by atoms with E-state index in [1.165, 1.54) is 6.33 Å². The lowest BCUT2D eigenvalue weighted by molar-refractivity contribution is 0.246. The van der Waals surface area contributed by atoms with E-state index in [1.54, 1.807) is 0 Å². The normalized spacial score (nSPS) is 16.9. The first-order chi connectivity index (χ1) is 7.09. The molecule has 0 atom stereocenters. The van der Waals surface area contributed by atoms with Crippen LogP contribution in [0.2, 0.25) is 5.02 Å². The largest absolute Gasteiger partial charge is 0.382 e. The van der Waals surface area contributed by atoms with Crippen molar-refractivity contribution in [2.24, 2.45) is 0 Å². The maximum Gasteiger partial charge on any atom is 0.153 e. The number of likely N-dealkylation sites (N-methyl/N-ethyl adjacent to an activating group) is 1. The molecular weight excluding hydrogens is 214 g/mol. The number of nitrogens with zero attached hydrogens (tertiary/aromatic N) is 4. The first-order valence-corrected chi connectivity index (χ1v) is 5.14. The van der Waals surface area contributed by atoms with Gasteiger partial charge in [-0.15, -0.1) is 0 Å². The molecule has 0 aliphatic carbocycles. The Morgan fingerprint density at radius 2 is 2.13 bits per heavy atom. The zero-order valence-corrected chi connectivity index (χ0v) is 9.57. The van der Waals surface area contributed by atoms with Crippen molar-refractivity contribution in [3.05, 3.63) is 11.3 Å². The van der Waals surface area contributed by atoms with Gasteiger partial charge in [0.2, 0.25) is 0 Å². The van der Waals surface area contributed by atoms with Crippen molar-refractivity contribution in [1.29, 1.82) is 0 Å². The highest BCUT2D eigenvalue weighted by Gasteiger charge is 2.30. The average Bonchev–Trinajstić information content (AvgIpc) is 2.09. The van der Waals surface area contributed by atoms with Crippen LogP contribution in [0.4, 0.5) is 11.6 Å². The maximum absolute atomic E-state index is 6.02. The molecule has 0 unspecified atom stereocenters. The molecule has 0 aromatic carbocycles. The molecule has 1 fully saturated rings. The van der Waals surface area contributed by atoms with Crippen LogP contribution >= 0.6 is 11.6 Å². The van der Waals surface area contributed by atoms with Gasteiger partial charge in [-0.3, -0.25) is 0 Å². The van der Waals surface area contributed by atoms with Gasteiger partial charge in [0.25, 0.3) is 0 Å². The van der Waals surface area contributed by atoms with Crippen LogP contribution in [0.3, 0.4) is 0 Å². The second-order valence-electron chi connectivity index (χ2n) is 3.92. The Morgan fingerprint density at radius 3 is 2.73 bits per heavy atom. The smallest absolute Gasteiger partial charge is 0.153 e. The number of hydrogen-bond acceptors (Lipinski definition) is 5. The minimum Gasteiger partial charge on any atom is -0.382 e. The molecule has 1 aliphatic heterocycles. The summed E-state index contributed by atoms with van der Waals surface area (Å²) in [5, 5.41) is 0.453. The molecular formula is C9H14ClN5. The van der Waals surface area contributed by atoms with E-state index in [2.05, 4.69) is 33.9 Å². The van der Waals surface area contributed by atoms with Gasteiger partial charge in [-0.25, -0.2) is 9.97 Å². The van der Waals surface area contributed by atoms with Crippen LogP contribution in [0.5, 0.6) is 0 Å². The van der Waals surface area contributed by atoms with Crippen LogP contribution in [0.15, 0.2) is 6.33 Å². The molecule has 82 valence electrons. The zero-order valence-electron chi connectivity index (χ0n) is 8.81. The molecule has 2 N–H and O–H groups in total. The summed E-state index contributed by atoms with van der Waals surface area (Å²) in [7, 11) is 4.13. The third kappa shape index (κ3) is 1.85. The first kappa shape index (κ1) is 10.4. The van der Waals surface area contributed by atoms with Gasteiger partial charge in [0.15, 0.2) is 5.82 Å². The van der Waals surface area contributed by atoms with Crippen LogP contribution in [0, 0.1) is 0 Å². The van der Waals surface area contributed by atoms with Crippen LogP contribution in [0.1, 0.15) is 0 Å². The van der Waals surface area contributed by atoms with Gasteiger partial charge in [-0.1, -0.05) is 11.6 Å². The van der Waals surface area contributed by atoms with E-state index in [1.807, 2.05) is 0 Å².